The minimum absolute atomic E-state index is 0.154. The van der Waals surface area contributed by atoms with Gasteiger partial charge in [0, 0.05) is 5.88 Å². The lowest BCUT2D eigenvalue weighted by molar-refractivity contribution is 0.471. The largest absolute Gasteiger partial charge is 0.506 e. The first-order chi connectivity index (χ1) is 6.65. The van der Waals surface area contributed by atoms with Crippen LogP contribution in [0.2, 0.25) is 5.02 Å². The third kappa shape index (κ3) is 2.93. The lowest BCUT2D eigenvalue weighted by atomic mass is 10.1. The van der Waals surface area contributed by atoms with Crippen LogP contribution in [0, 0.1) is 6.92 Å². The van der Waals surface area contributed by atoms with Crippen molar-refractivity contribution in [2.24, 2.45) is 0 Å². The van der Waals surface area contributed by atoms with Gasteiger partial charge in [0.25, 0.3) is 0 Å². The Kier molecular flexibility index (Phi) is 4.30. The molecule has 0 radical (unpaired) electrons. The van der Waals surface area contributed by atoms with Crippen LogP contribution in [0.3, 0.4) is 0 Å². The van der Waals surface area contributed by atoms with Crippen molar-refractivity contribution in [3.63, 3.8) is 0 Å². The highest BCUT2D eigenvalue weighted by atomic mass is 35.5. The number of phenols is 1. The maximum Gasteiger partial charge on any atom is 0.137 e. The average Bonchev–Trinajstić information content (AvgIpc) is 2.14. The Morgan fingerprint density at radius 2 is 2.14 bits per heavy atom. The summed E-state index contributed by atoms with van der Waals surface area (Å²) in [7, 11) is 0. The minimum atomic E-state index is 0.154. The molecule has 0 aromatic heterocycles. The second-order valence-corrected chi connectivity index (χ2v) is 3.83. The van der Waals surface area contributed by atoms with Gasteiger partial charge in [0.05, 0.1) is 5.02 Å². The molecule has 0 amide bonds. The molecule has 0 fully saturated rings. The van der Waals surface area contributed by atoms with Crippen molar-refractivity contribution in [1.82, 2.24) is 0 Å². The van der Waals surface area contributed by atoms with Gasteiger partial charge in [-0.1, -0.05) is 23.8 Å². The summed E-state index contributed by atoms with van der Waals surface area (Å²) < 4.78 is 0. The van der Waals surface area contributed by atoms with Crippen LogP contribution in [0.4, 0.5) is 0 Å². The molecule has 0 atom stereocenters. The molecule has 1 aromatic rings. The molecule has 1 rings (SSSR count). The lowest BCUT2D eigenvalue weighted by Crippen LogP contribution is -1.80. The lowest BCUT2D eigenvalue weighted by Gasteiger charge is -2.02. The zero-order valence-corrected chi connectivity index (χ0v) is 9.44. The third-order valence-corrected chi connectivity index (χ3v) is 2.37. The normalized spacial score (nSPS) is 11.1. The van der Waals surface area contributed by atoms with E-state index >= 15 is 0 Å². The molecule has 0 aliphatic carbocycles. The Morgan fingerprint density at radius 3 is 2.71 bits per heavy atom. The fraction of sp³-hybridized carbons (Fsp3) is 0.273. The molecule has 1 aromatic carbocycles. The topological polar surface area (TPSA) is 20.2 Å². The molecule has 0 aliphatic heterocycles. The van der Waals surface area contributed by atoms with Crippen LogP contribution >= 0.6 is 23.2 Å². The Bertz CT molecular complexity index is 322. The summed E-state index contributed by atoms with van der Waals surface area (Å²) in [4.78, 5) is 0. The molecule has 1 N–H and O–H groups in total. The molecule has 0 saturated heterocycles. The van der Waals surface area contributed by atoms with E-state index in [0.717, 1.165) is 17.5 Å². The number of aryl methyl sites for hydroxylation is 1. The van der Waals surface area contributed by atoms with Gasteiger partial charge in [0.2, 0.25) is 0 Å². The number of hydrogen-bond donors (Lipinski definition) is 1. The monoisotopic (exact) mass is 230 g/mol. The quantitative estimate of drug-likeness (QED) is 0.779. The van der Waals surface area contributed by atoms with Crippen molar-refractivity contribution in [1.29, 1.82) is 0 Å². The Balaban J connectivity index is 2.89. The first kappa shape index (κ1) is 11.4. The average molecular weight is 231 g/mol. The van der Waals surface area contributed by atoms with Crippen LogP contribution in [-0.4, -0.2) is 11.0 Å². The van der Waals surface area contributed by atoms with Crippen LogP contribution < -0.4 is 0 Å². The predicted molar refractivity (Wildman–Crippen MR) is 62.2 cm³/mol. The van der Waals surface area contributed by atoms with Crippen molar-refractivity contribution in [2.75, 3.05) is 5.88 Å². The van der Waals surface area contributed by atoms with Crippen molar-refractivity contribution >= 4 is 29.3 Å². The molecule has 0 heterocycles. The van der Waals surface area contributed by atoms with Gasteiger partial charge in [-0.05, 0) is 36.6 Å². The van der Waals surface area contributed by atoms with Crippen LogP contribution in [0.1, 0.15) is 17.5 Å². The van der Waals surface area contributed by atoms with E-state index in [-0.39, 0.29) is 5.75 Å². The molecule has 14 heavy (non-hydrogen) atoms. The van der Waals surface area contributed by atoms with E-state index in [1.54, 1.807) is 6.07 Å². The zero-order chi connectivity index (χ0) is 10.6. The molecule has 0 saturated carbocycles. The predicted octanol–water partition coefficient (Wildman–Crippen LogP) is 4.00. The SMILES string of the molecule is Cc1cc(C=CCCCl)cc(Cl)c1O. The van der Waals surface area contributed by atoms with Gasteiger partial charge in [-0.15, -0.1) is 11.6 Å². The number of alkyl halides is 1. The van der Waals surface area contributed by atoms with Gasteiger partial charge in [0.1, 0.15) is 5.75 Å². The smallest absolute Gasteiger partial charge is 0.137 e. The van der Waals surface area contributed by atoms with E-state index in [9.17, 15) is 5.11 Å². The van der Waals surface area contributed by atoms with Crippen LogP contribution in [0.15, 0.2) is 18.2 Å². The summed E-state index contributed by atoms with van der Waals surface area (Å²) in [6.45, 7) is 1.82. The van der Waals surface area contributed by atoms with Crippen molar-refractivity contribution in [3.8, 4) is 5.75 Å². The van der Waals surface area contributed by atoms with Gasteiger partial charge in [-0.3, -0.25) is 0 Å². The number of hydrogen-bond acceptors (Lipinski definition) is 1. The first-order valence-corrected chi connectivity index (χ1v) is 5.28. The Labute approximate surface area is 94.0 Å². The van der Waals surface area contributed by atoms with E-state index in [0.29, 0.717) is 10.9 Å². The summed E-state index contributed by atoms with van der Waals surface area (Å²) in [6, 6.07) is 3.61. The van der Waals surface area contributed by atoms with Crippen LogP contribution in [-0.2, 0) is 0 Å². The molecule has 76 valence electrons. The summed E-state index contributed by atoms with van der Waals surface area (Å²) in [5.41, 5.74) is 1.76. The molecule has 1 nitrogen and oxygen atoms in total. The molecular formula is C11H12Cl2O. The van der Waals surface area contributed by atoms with E-state index in [4.69, 9.17) is 23.2 Å². The van der Waals surface area contributed by atoms with Gasteiger partial charge in [0.15, 0.2) is 0 Å². The van der Waals surface area contributed by atoms with Gasteiger partial charge in [-0.25, -0.2) is 0 Å². The number of halogens is 2. The zero-order valence-electron chi connectivity index (χ0n) is 7.93. The molecule has 3 heteroatoms. The number of phenolic OH excluding ortho intramolecular Hbond substituents is 1. The van der Waals surface area contributed by atoms with Crippen molar-refractivity contribution < 1.29 is 5.11 Å². The Morgan fingerprint density at radius 1 is 1.43 bits per heavy atom. The minimum Gasteiger partial charge on any atom is -0.506 e. The standard InChI is InChI=1S/C11H12Cl2O/c1-8-6-9(4-2-3-5-12)7-10(13)11(8)14/h2,4,6-7,14H,3,5H2,1H3. The highest BCUT2D eigenvalue weighted by molar-refractivity contribution is 6.32. The number of rotatable bonds is 3. The summed E-state index contributed by atoms with van der Waals surface area (Å²) in [6.07, 6.45) is 4.76. The van der Waals surface area contributed by atoms with Crippen molar-refractivity contribution in [3.05, 3.63) is 34.4 Å². The van der Waals surface area contributed by atoms with Crippen LogP contribution in [0.25, 0.3) is 6.08 Å². The maximum absolute atomic E-state index is 9.43. The molecule has 0 unspecified atom stereocenters. The second kappa shape index (κ2) is 5.28. The summed E-state index contributed by atoms with van der Waals surface area (Å²) in [5, 5.41) is 9.81. The highest BCUT2D eigenvalue weighted by Gasteiger charge is 2.02. The summed E-state index contributed by atoms with van der Waals surface area (Å²) >= 11 is 11.4. The number of aromatic hydroxyl groups is 1. The second-order valence-electron chi connectivity index (χ2n) is 3.05. The molecular weight excluding hydrogens is 219 g/mol. The number of allylic oxidation sites excluding steroid dienone is 1. The highest BCUT2D eigenvalue weighted by Crippen LogP contribution is 2.28. The molecule has 0 aliphatic rings. The van der Waals surface area contributed by atoms with Crippen LogP contribution in [0.5, 0.6) is 5.75 Å². The molecule has 0 spiro atoms. The van der Waals surface area contributed by atoms with E-state index in [2.05, 4.69) is 0 Å². The van der Waals surface area contributed by atoms with E-state index in [1.807, 2.05) is 25.1 Å². The summed E-state index contributed by atoms with van der Waals surface area (Å²) in [5.74, 6) is 0.766. The van der Waals surface area contributed by atoms with E-state index in [1.165, 1.54) is 0 Å². The van der Waals surface area contributed by atoms with Gasteiger partial charge in [-0.2, -0.15) is 0 Å². The Hall–Kier alpha value is -0.660. The first-order valence-electron chi connectivity index (χ1n) is 4.36. The van der Waals surface area contributed by atoms with Crippen molar-refractivity contribution in [2.45, 2.75) is 13.3 Å². The van der Waals surface area contributed by atoms with Gasteiger partial charge >= 0.3 is 0 Å². The third-order valence-electron chi connectivity index (χ3n) is 1.86. The fourth-order valence-electron chi connectivity index (χ4n) is 1.14. The number of benzene rings is 1. The fourth-order valence-corrected chi connectivity index (χ4v) is 1.54. The molecule has 0 bridgehead atoms. The van der Waals surface area contributed by atoms with E-state index < -0.39 is 0 Å². The maximum atomic E-state index is 9.43. The van der Waals surface area contributed by atoms with Gasteiger partial charge < -0.3 is 5.11 Å².